The molecule has 2 aromatic rings. The lowest BCUT2D eigenvalue weighted by atomic mass is 9.93. The Kier molecular flexibility index (Phi) is 3.90. The highest BCUT2D eigenvalue weighted by Gasteiger charge is 2.27. The Morgan fingerprint density at radius 3 is 2.65 bits per heavy atom. The van der Waals surface area contributed by atoms with Crippen molar-refractivity contribution < 1.29 is 9.47 Å². The number of hydrogen-bond donors (Lipinski definition) is 1. The van der Waals surface area contributed by atoms with Crippen molar-refractivity contribution in [2.45, 2.75) is 25.0 Å². The van der Waals surface area contributed by atoms with Crippen LogP contribution in [0.4, 0.5) is 0 Å². The molecule has 1 aliphatic rings. The Bertz CT molecular complexity index is 591. The molecule has 1 fully saturated rings. The molecule has 2 aromatic carbocycles. The van der Waals surface area contributed by atoms with Crippen molar-refractivity contribution in [3.63, 3.8) is 0 Å². The highest BCUT2D eigenvalue weighted by atomic mass is 16.5. The van der Waals surface area contributed by atoms with Crippen LogP contribution in [0.1, 0.15) is 24.4 Å². The minimum Gasteiger partial charge on any atom is -0.496 e. The highest BCUT2D eigenvalue weighted by molar-refractivity contribution is 5.91. The van der Waals surface area contributed by atoms with E-state index >= 15 is 0 Å². The van der Waals surface area contributed by atoms with Crippen LogP contribution in [-0.2, 0) is 4.74 Å². The minimum atomic E-state index is 0.230. The largest absolute Gasteiger partial charge is 0.496 e. The monoisotopic (exact) mass is 271 g/mol. The molecule has 1 heterocycles. The van der Waals surface area contributed by atoms with Crippen LogP contribution in [0.25, 0.3) is 10.8 Å². The van der Waals surface area contributed by atoms with Crippen LogP contribution in [0.3, 0.4) is 0 Å². The third-order valence-electron chi connectivity index (χ3n) is 4.12. The molecule has 0 spiro atoms. The second-order valence-corrected chi connectivity index (χ2v) is 5.22. The lowest BCUT2D eigenvalue weighted by molar-refractivity contribution is 0.0812. The lowest BCUT2D eigenvalue weighted by Crippen LogP contribution is -2.29. The average molecular weight is 271 g/mol. The Morgan fingerprint density at radius 2 is 2.00 bits per heavy atom. The molecule has 0 amide bonds. The summed E-state index contributed by atoms with van der Waals surface area (Å²) in [4.78, 5) is 0. The standard InChI is InChI=1S/C17H21NO2/c1-18-17(16-8-5-11-20-16)14-9-10-15(19-2)13-7-4-3-6-12(13)14/h3-4,6-7,9-10,16-18H,5,8,11H2,1-2H3. The Balaban J connectivity index is 2.10. The summed E-state index contributed by atoms with van der Waals surface area (Å²) in [5, 5.41) is 5.82. The maximum atomic E-state index is 5.87. The number of likely N-dealkylation sites (N-methyl/N-ethyl adjacent to an activating group) is 1. The van der Waals surface area contributed by atoms with E-state index in [-0.39, 0.29) is 12.1 Å². The number of ether oxygens (including phenoxy) is 2. The van der Waals surface area contributed by atoms with E-state index in [1.807, 2.05) is 7.05 Å². The predicted molar refractivity (Wildman–Crippen MR) is 81.3 cm³/mol. The summed E-state index contributed by atoms with van der Waals surface area (Å²) < 4.78 is 11.3. The zero-order valence-corrected chi connectivity index (χ0v) is 12.1. The van der Waals surface area contributed by atoms with Crippen LogP contribution in [0.2, 0.25) is 0 Å². The third-order valence-corrected chi connectivity index (χ3v) is 4.12. The molecule has 3 heteroatoms. The second kappa shape index (κ2) is 5.81. The summed E-state index contributed by atoms with van der Waals surface area (Å²) in [5.41, 5.74) is 1.29. The zero-order chi connectivity index (χ0) is 13.9. The normalized spacial score (nSPS) is 20.2. The average Bonchev–Trinajstić information content (AvgIpc) is 3.02. The van der Waals surface area contributed by atoms with E-state index < -0.39 is 0 Å². The Morgan fingerprint density at radius 1 is 1.20 bits per heavy atom. The summed E-state index contributed by atoms with van der Waals surface area (Å²) in [5.74, 6) is 0.923. The van der Waals surface area contributed by atoms with Crippen LogP contribution >= 0.6 is 0 Å². The Hall–Kier alpha value is -1.58. The van der Waals surface area contributed by atoms with Crippen molar-refractivity contribution in [1.29, 1.82) is 0 Å². The number of nitrogens with one attached hydrogen (secondary N) is 1. The molecule has 0 aromatic heterocycles. The van der Waals surface area contributed by atoms with E-state index in [9.17, 15) is 0 Å². The zero-order valence-electron chi connectivity index (χ0n) is 12.1. The van der Waals surface area contributed by atoms with Gasteiger partial charge in [0.15, 0.2) is 0 Å². The Labute approximate surface area is 119 Å². The molecule has 1 saturated heterocycles. The molecule has 20 heavy (non-hydrogen) atoms. The van der Waals surface area contributed by atoms with Gasteiger partial charge in [0, 0.05) is 12.0 Å². The fourth-order valence-electron chi connectivity index (χ4n) is 3.15. The molecule has 106 valence electrons. The van der Waals surface area contributed by atoms with Crippen LogP contribution in [0.5, 0.6) is 5.75 Å². The van der Waals surface area contributed by atoms with Gasteiger partial charge in [-0.25, -0.2) is 0 Å². The molecule has 1 N–H and O–H groups in total. The number of methoxy groups -OCH3 is 1. The van der Waals surface area contributed by atoms with Gasteiger partial charge in [0.05, 0.1) is 19.3 Å². The minimum absolute atomic E-state index is 0.230. The molecule has 2 unspecified atom stereocenters. The van der Waals surface area contributed by atoms with E-state index in [4.69, 9.17) is 9.47 Å². The molecule has 0 aliphatic carbocycles. The number of rotatable bonds is 4. The maximum absolute atomic E-state index is 5.87. The van der Waals surface area contributed by atoms with Crippen molar-refractivity contribution in [2.75, 3.05) is 20.8 Å². The predicted octanol–water partition coefficient (Wildman–Crippen LogP) is 3.29. The molecule has 3 nitrogen and oxygen atoms in total. The lowest BCUT2D eigenvalue weighted by Gasteiger charge is -2.24. The fraction of sp³-hybridized carbons (Fsp3) is 0.412. The van der Waals surface area contributed by atoms with Crippen LogP contribution < -0.4 is 10.1 Å². The quantitative estimate of drug-likeness (QED) is 0.925. The van der Waals surface area contributed by atoms with E-state index in [0.717, 1.165) is 30.6 Å². The molecule has 0 saturated carbocycles. The van der Waals surface area contributed by atoms with Crippen molar-refractivity contribution in [2.24, 2.45) is 0 Å². The topological polar surface area (TPSA) is 30.5 Å². The van der Waals surface area contributed by atoms with Gasteiger partial charge in [-0.15, -0.1) is 0 Å². The fourth-order valence-corrected chi connectivity index (χ4v) is 3.15. The van der Waals surface area contributed by atoms with Gasteiger partial charge >= 0.3 is 0 Å². The number of fused-ring (bicyclic) bond motifs is 1. The van der Waals surface area contributed by atoms with Crippen LogP contribution in [-0.4, -0.2) is 26.9 Å². The van der Waals surface area contributed by atoms with Gasteiger partial charge < -0.3 is 14.8 Å². The summed E-state index contributed by atoms with van der Waals surface area (Å²) in [6, 6.07) is 12.8. The number of hydrogen-bond acceptors (Lipinski definition) is 3. The van der Waals surface area contributed by atoms with Gasteiger partial charge in [-0.2, -0.15) is 0 Å². The SMILES string of the molecule is CNC(c1ccc(OC)c2ccccc12)C1CCCO1. The van der Waals surface area contributed by atoms with E-state index in [0.29, 0.717) is 0 Å². The summed E-state index contributed by atoms with van der Waals surface area (Å²) in [7, 11) is 3.72. The molecule has 0 bridgehead atoms. The van der Waals surface area contributed by atoms with E-state index in [1.165, 1.54) is 10.9 Å². The third kappa shape index (κ3) is 2.28. The molecule has 3 rings (SSSR count). The van der Waals surface area contributed by atoms with Gasteiger partial charge in [-0.1, -0.05) is 30.3 Å². The van der Waals surface area contributed by atoms with Crippen molar-refractivity contribution in [3.8, 4) is 5.75 Å². The van der Waals surface area contributed by atoms with Crippen molar-refractivity contribution in [1.82, 2.24) is 5.32 Å². The molecule has 0 radical (unpaired) electrons. The molecule has 2 atom stereocenters. The summed E-state index contributed by atoms with van der Waals surface area (Å²) in [6.45, 7) is 0.872. The number of benzene rings is 2. The van der Waals surface area contributed by atoms with Gasteiger partial charge in [0.1, 0.15) is 5.75 Å². The molecular weight excluding hydrogens is 250 g/mol. The first kappa shape index (κ1) is 13.4. The van der Waals surface area contributed by atoms with Crippen LogP contribution in [0, 0.1) is 0 Å². The van der Waals surface area contributed by atoms with Crippen molar-refractivity contribution in [3.05, 3.63) is 42.0 Å². The van der Waals surface area contributed by atoms with Crippen molar-refractivity contribution >= 4 is 10.8 Å². The maximum Gasteiger partial charge on any atom is 0.126 e. The summed E-state index contributed by atoms with van der Waals surface area (Å²) in [6.07, 6.45) is 2.53. The molecule has 1 aliphatic heterocycles. The van der Waals surface area contributed by atoms with E-state index in [1.54, 1.807) is 7.11 Å². The first-order valence-electron chi connectivity index (χ1n) is 7.19. The first-order valence-corrected chi connectivity index (χ1v) is 7.19. The molecular formula is C17H21NO2. The van der Waals surface area contributed by atoms with Gasteiger partial charge in [-0.3, -0.25) is 0 Å². The van der Waals surface area contributed by atoms with Gasteiger partial charge in [0.2, 0.25) is 0 Å². The van der Waals surface area contributed by atoms with Gasteiger partial charge in [-0.05, 0) is 36.9 Å². The summed E-state index contributed by atoms with van der Waals surface area (Å²) >= 11 is 0. The second-order valence-electron chi connectivity index (χ2n) is 5.22. The van der Waals surface area contributed by atoms with E-state index in [2.05, 4.69) is 41.7 Å². The van der Waals surface area contributed by atoms with Gasteiger partial charge in [0.25, 0.3) is 0 Å². The highest BCUT2D eigenvalue weighted by Crippen LogP contribution is 2.35. The smallest absolute Gasteiger partial charge is 0.126 e. The first-order chi connectivity index (χ1) is 9.85. The van der Waals surface area contributed by atoms with Crippen LogP contribution in [0.15, 0.2) is 36.4 Å².